The minimum Gasteiger partial charge on any atom is -0.496 e. The fourth-order valence-corrected chi connectivity index (χ4v) is 4.35. The number of aryl methyl sites for hydroxylation is 1. The lowest BCUT2D eigenvalue weighted by Gasteiger charge is -2.19. The van der Waals surface area contributed by atoms with Crippen LogP contribution in [0.25, 0.3) is 0 Å². The molecule has 0 aliphatic carbocycles. The standard InChI is InChI=1S/C24H26N2O5S/c1-17-9-12-20(13-10-17)32(28,29)26(2)16-19-15-18(11-14-22(19)30-3)24(27)25-21-7-5-6-8-23(21)31-4/h5-15H,16H2,1-4H3,(H,25,27). The molecule has 3 aromatic carbocycles. The lowest BCUT2D eigenvalue weighted by molar-refractivity contribution is 0.102. The highest BCUT2D eigenvalue weighted by molar-refractivity contribution is 7.89. The molecule has 0 bridgehead atoms. The molecule has 0 unspecified atom stereocenters. The van der Waals surface area contributed by atoms with Crippen LogP contribution in [0.4, 0.5) is 5.69 Å². The van der Waals surface area contributed by atoms with Crippen molar-refractivity contribution >= 4 is 21.6 Å². The van der Waals surface area contributed by atoms with Crippen LogP contribution in [0, 0.1) is 6.92 Å². The second-order valence-electron chi connectivity index (χ2n) is 7.26. The minimum atomic E-state index is -3.71. The third-order valence-corrected chi connectivity index (χ3v) is 6.84. The number of rotatable bonds is 8. The summed E-state index contributed by atoms with van der Waals surface area (Å²) in [6.07, 6.45) is 0. The summed E-state index contributed by atoms with van der Waals surface area (Å²) in [5.74, 6) is 0.686. The third kappa shape index (κ3) is 5.09. The maximum absolute atomic E-state index is 13.0. The quantitative estimate of drug-likeness (QED) is 0.554. The van der Waals surface area contributed by atoms with Gasteiger partial charge in [0, 0.05) is 24.7 Å². The van der Waals surface area contributed by atoms with Crippen LogP contribution in [-0.4, -0.2) is 39.9 Å². The Morgan fingerprint density at radius 2 is 1.59 bits per heavy atom. The largest absolute Gasteiger partial charge is 0.496 e. The van der Waals surface area contributed by atoms with Crippen molar-refractivity contribution in [2.45, 2.75) is 18.4 Å². The predicted octanol–water partition coefficient (Wildman–Crippen LogP) is 4.09. The zero-order valence-corrected chi connectivity index (χ0v) is 19.3. The summed E-state index contributed by atoms with van der Waals surface area (Å²) in [7, 11) is 0.818. The molecule has 0 saturated heterocycles. The van der Waals surface area contributed by atoms with Crippen LogP contribution >= 0.6 is 0 Å². The lowest BCUT2D eigenvalue weighted by atomic mass is 10.1. The van der Waals surface area contributed by atoms with Gasteiger partial charge in [-0.25, -0.2) is 8.42 Å². The van der Waals surface area contributed by atoms with Crippen molar-refractivity contribution in [1.82, 2.24) is 4.31 Å². The van der Waals surface area contributed by atoms with Crippen molar-refractivity contribution < 1.29 is 22.7 Å². The average Bonchev–Trinajstić information content (AvgIpc) is 2.79. The fourth-order valence-electron chi connectivity index (χ4n) is 3.20. The topological polar surface area (TPSA) is 84.9 Å². The minimum absolute atomic E-state index is 0.0369. The lowest BCUT2D eigenvalue weighted by Crippen LogP contribution is -2.27. The van der Waals surface area contributed by atoms with E-state index in [0.717, 1.165) is 5.56 Å². The molecule has 1 N–H and O–H groups in total. The Kier molecular flexibility index (Phi) is 7.17. The van der Waals surface area contributed by atoms with Gasteiger partial charge in [-0.2, -0.15) is 4.31 Å². The van der Waals surface area contributed by atoms with Crippen LogP contribution in [0.15, 0.2) is 71.6 Å². The van der Waals surface area contributed by atoms with Crippen LogP contribution in [0.5, 0.6) is 11.5 Å². The molecular formula is C24H26N2O5S. The van der Waals surface area contributed by atoms with Crippen molar-refractivity contribution in [2.24, 2.45) is 0 Å². The number of para-hydroxylation sites is 2. The van der Waals surface area contributed by atoms with E-state index in [-0.39, 0.29) is 17.3 Å². The van der Waals surface area contributed by atoms with E-state index in [9.17, 15) is 13.2 Å². The van der Waals surface area contributed by atoms with Gasteiger partial charge >= 0.3 is 0 Å². The molecule has 32 heavy (non-hydrogen) atoms. The van der Waals surface area contributed by atoms with Crippen LogP contribution < -0.4 is 14.8 Å². The number of ether oxygens (including phenoxy) is 2. The monoisotopic (exact) mass is 454 g/mol. The highest BCUT2D eigenvalue weighted by Gasteiger charge is 2.22. The number of carbonyl (C=O) groups is 1. The Bertz CT molecular complexity index is 1210. The van der Waals surface area contributed by atoms with Crippen LogP contribution in [0.3, 0.4) is 0 Å². The van der Waals surface area contributed by atoms with Crippen molar-refractivity contribution in [3.05, 3.63) is 83.4 Å². The molecule has 0 radical (unpaired) electrons. The van der Waals surface area contributed by atoms with E-state index >= 15 is 0 Å². The van der Waals surface area contributed by atoms with E-state index < -0.39 is 10.0 Å². The molecule has 3 aromatic rings. The Hall–Kier alpha value is -3.36. The molecular weight excluding hydrogens is 428 g/mol. The Balaban J connectivity index is 1.86. The maximum Gasteiger partial charge on any atom is 0.255 e. The number of methoxy groups -OCH3 is 2. The fraction of sp³-hybridized carbons (Fsp3) is 0.208. The highest BCUT2D eigenvalue weighted by atomic mass is 32.2. The molecule has 0 saturated carbocycles. The number of hydrogen-bond donors (Lipinski definition) is 1. The van der Waals surface area contributed by atoms with Crippen LogP contribution in [-0.2, 0) is 16.6 Å². The van der Waals surface area contributed by atoms with Crippen molar-refractivity contribution in [1.29, 1.82) is 0 Å². The van der Waals surface area contributed by atoms with Gasteiger partial charge in [-0.05, 0) is 49.4 Å². The number of carbonyl (C=O) groups excluding carboxylic acids is 1. The smallest absolute Gasteiger partial charge is 0.255 e. The summed E-state index contributed by atoms with van der Waals surface area (Å²) < 4.78 is 37.8. The van der Waals surface area contributed by atoms with Crippen LogP contribution in [0.1, 0.15) is 21.5 Å². The zero-order valence-electron chi connectivity index (χ0n) is 18.5. The summed E-state index contributed by atoms with van der Waals surface area (Å²) >= 11 is 0. The molecule has 0 aromatic heterocycles. The van der Waals surface area contributed by atoms with Crippen LogP contribution in [0.2, 0.25) is 0 Å². The predicted molar refractivity (Wildman–Crippen MR) is 124 cm³/mol. The van der Waals surface area contributed by atoms with Gasteiger partial charge in [-0.1, -0.05) is 29.8 Å². The van der Waals surface area contributed by atoms with E-state index in [1.807, 2.05) is 13.0 Å². The molecule has 168 valence electrons. The molecule has 0 atom stereocenters. The van der Waals surface area contributed by atoms with Crippen molar-refractivity contribution in [2.75, 3.05) is 26.6 Å². The molecule has 0 aliphatic rings. The Labute approximate surface area is 188 Å². The summed E-state index contributed by atoms with van der Waals surface area (Å²) in [5, 5.41) is 2.82. The first-order valence-electron chi connectivity index (χ1n) is 9.90. The molecule has 1 amide bonds. The summed E-state index contributed by atoms with van der Waals surface area (Å²) in [4.78, 5) is 13.0. The SMILES string of the molecule is COc1ccc(C(=O)Nc2ccccc2OC)cc1CN(C)S(=O)(=O)c1ccc(C)cc1. The first-order chi connectivity index (χ1) is 15.3. The molecule has 3 rings (SSSR count). The number of amides is 1. The first-order valence-corrected chi connectivity index (χ1v) is 11.3. The molecule has 0 fully saturated rings. The number of nitrogens with one attached hydrogen (secondary N) is 1. The molecule has 0 spiro atoms. The van der Waals surface area contributed by atoms with E-state index in [2.05, 4.69) is 5.32 Å². The Morgan fingerprint density at radius 1 is 0.938 bits per heavy atom. The van der Waals surface area contributed by atoms with E-state index in [4.69, 9.17) is 9.47 Å². The van der Waals surface area contributed by atoms with E-state index in [1.165, 1.54) is 25.6 Å². The molecule has 0 heterocycles. The molecule has 8 heteroatoms. The van der Waals surface area contributed by atoms with Gasteiger partial charge in [0.2, 0.25) is 10.0 Å². The number of sulfonamides is 1. The van der Waals surface area contributed by atoms with Gasteiger partial charge in [0.15, 0.2) is 0 Å². The number of anilines is 1. The zero-order chi connectivity index (χ0) is 23.3. The highest BCUT2D eigenvalue weighted by Crippen LogP contribution is 2.27. The molecule has 0 aliphatic heterocycles. The van der Waals surface area contributed by atoms with Gasteiger partial charge < -0.3 is 14.8 Å². The van der Waals surface area contributed by atoms with Gasteiger partial charge in [0.05, 0.1) is 24.8 Å². The van der Waals surface area contributed by atoms with Crippen molar-refractivity contribution in [3.8, 4) is 11.5 Å². The number of benzene rings is 3. The third-order valence-electron chi connectivity index (χ3n) is 5.02. The van der Waals surface area contributed by atoms with Crippen molar-refractivity contribution in [3.63, 3.8) is 0 Å². The second kappa shape index (κ2) is 9.84. The Morgan fingerprint density at radius 3 is 2.25 bits per heavy atom. The van der Waals surface area contributed by atoms with Gasteiger partial charge in [0.25, 0.3) is 5.91 Å². The average molecular weight is 455 g/mol. The van der Waals surface area contributed by atoms with Gasteiger partial charge in [-0.15, -0.1) is 0 Å². The summed E-state index contributed by atoms with van der Waals surface area (Å²) in [6, 6.07) is 18.7. The summed E-state index contributed by atoms with van der Waals surface area (Å²) in [5.41, 5.74) is 2.45. The van der Waals surface area contributed by atoms with E-state index in [1.54, 1.807) is 60.7 Å². The molecule has 7 nitrogen and oxygen atoms in total. The number of nitrogens with zero attached hydrogens (tertiary/aromatic N) is 1. The van der Waals surface area contributed by atoms with Gasteiger partial charge in [-0.3, -0.25) is 4.79 Å². The first kappa shape index (κ1) is 23.3. The maximum atomic E-state index is 13.0. The normalized spacial score (nSPS) is 11.3. The van der Waals surface area contributed by atoms with Gasteiger partial charge in [0.1, 0.15) is 11.5 Å². The number of hydrogen-bond acceptors (Lipinski definition) is 5. The summed E-state index contributed by atoms with van der Waals surface area (Å²) in [6.45, 7) is 1.93. The second-order valence-corrected chi connectivity index (χ2v) is 9.30. The van der Waals surface area contributed by atoms with E-state index in [0.29, 0.717) is 28.3 Å².